The Bertz CT molecular complexity index is 684. The number of ether oxygens (including phenoxy) is 1. The molecule has 0 aromatic heterocycles. The third-order valence-corrected chi connectivity index (χ3v) is 8.26. The smallest absolute Gasteiger partial charge is 0.201 e. The Kier molecular flexibility index (Phi) is 6.81. The molecule has 0 amide bonds. The van der Waals surface area contributed by atoms with Crippen LogP contribution in [0.4, 0.5) is 8.78 Å². The predicted octanol–water partition coefficient (Wildman–Crippen LogP) is 7.63. The Balaban J connectivity index is 1.32. The van der Waals surface area contributed by atoms with Crippen molar-refractivity contribution in [3.8, 4) is 5.75 Å². The second-order valence-electron chi connectivity index (χ2n) is 9.94. The monoisotopic (exact) mass is 404 g/mol. The molecule has 2 fully saturated rings. The van der Waals surface area contributed by atoms with Crippen molar-refractivity contribution in [3.63, 3.8) is 0 Å². The summed E-state index contributed by atoms with van der Waals surface area (Å²) < 4.78 is 34.9. The molecule has 3 heteroatoms. The first kappa shape index (κ1) is 21.1. The zero-order chi connectivity index (χ0) is 20.4. The number of aryl methyl sites for hydroxylation is 2. The molecule has 0 saturated heterocycles. The zero-order valence-electron chi connectivity index (χ0n) is 18.3. The maximum Gasteiger partial charge on any atom is 0.201 e. The highest BCUT2D eigenvalue weighted by atomic mass is 19.2. The first-order valence-electron chi connectivity index (χ1n) is 12.3. The summed E-state index contributed by atoms with van der Waals surface area (Å²) in [5, 5.41) is 0. The van der Waals surface area contributed by atoms with Gasteiger partial charge in [-0.05, 0) is 98.7 Å². The lowest BCUT2D eigenvalue weighted by Crippen LogP contribution is -2.35. The van der Waals surface area contributed by atoms with E-state index >= 15 is 0 Å². The Morgan fingerprint density at radius 3 is 2.07 bits per heavy atom. The van der Waals surface area contributed by atoms with Gasteiger partial charge in [-0.3, -0.25) is 0 Å². The molecular weight excluding hydrogens is 366 g/mol. The van der Waals surface area contributed by atoms with E-state index in [0.29, 0.717) is 17.9 Å². The summed E-state index contributed by atoms with van der Waals surface area (Å²) in [5.74, 6) is 2.01. The van der Waals surface area contributed by atoms with Crippen molar-refractivity contribution in [3.05, 3.63) is 28.8 Å². The SMILES string of the molecule is CCCC1CCC(C2CCC(C3CCc4cc(CC)c(F)c(F)c4O3)CC2)CC1. The van der Waals surface area contributed by atoms with Crippen LogP contribution in [0.2, 0.25) is 0 Å². The summed E-state index contributed by atoms with van der Waals surface area (Å²) >= 11 is 0. The van der Waals surface area contributed by atoms with Crippen LogP contribution in [-0.2, 0) is 12.8 Å². The molecule has 0 radical (unpaired) electrons. The maximum atomic E-state index is 14.6. The first-order chi connectivity index (χ1) is 14.1. The normalized spacial score (nSPS) is 32.5. The molecule has 1 unspecified atom stereocenters. The van der Waals surface area contributed by atoms with E-state index in [1.165, 1.54) is 64.2 Å². The number of hydrogen-bond donors (Lipinski definition) is 0. The average molecular weight is 405 g/mol. The average Bonchev–Trinajstić information content (AvgIpc) is 2.77. The lowest BCUT2D eigenvalue weighted by atomic mass is 9.67. The molecule has 2 aliphatic carbocycles. The van der Waals surface area contributed by atoms with E-state index in [0.717, 1.165) is 36.2 Å². The Morgan fingerprint density at radius 1 is 0.828 bits per heavy atom. The van der Waals surface area contributed by atoms with E-state index in [-0.39, 0.29) is 11.9 Å². The van der Waals surface area contributed by atoms with Gasteiger partial charge in [-0.2, -0.15) is 4.39 Å². The molecule has 3 aliphatic rings. The molecule has 1 aliphatic heterocycles. The molecule has 0 N–H and O–H groups in total. The van der Waals surface area contributed by atoms with E-state index in [1.807, 2.05) is 13.0 Å². The second kappa shape index (κ2) is 9.35. The molecule has 1 heterocycles. The van der Waals surface area contributed by atoms with Gasteiger partial charge in [-0.15, -0.1) is 0 Å². The Hall–Kier alpha value is -1.12. The topological polar surface area (TPSA) is 9.23 Å². The highest BCUT2D eigenvalue weighted by molar-refractivity contribution is 5.41. The fraction of sp³-hybridized carbons (Fsp3) is 0.769. The molecular formula is C26H38F2O. The van der Waals surface area contributed by atoms with Crippen molar-refractivity contribution in [1.29, 1.82) is 0 Å². The number of benzene rings is 1. The van der Waals surface area contributed by atoms with Crippen LogP contribution < -0.4 is 4.74 Å². The van der Waals surface area contributed by atoms with Gasteiger partial charge in [-0.25, -0.2) is 4.39 Å². The van der Waals surface area contributed by atoms with Crippen LogP contribution in [0, 0.1) is 35.3 Å². The van der Waals surface area contributed by atoms with E-state index in [9.17, 15) is 8.78 Å². The number of rotatable bonds is 5. The fourth-order valence-electron chi connectivity index (χ4n) is 6.48. The lowest BCUT2D eigenvalue weighted by molar-refractivity contribution is 0.0563. The summed E-state index contributed by atoms with van der Waals surface area (Å²) in [6.45, 7) is 4.17. The number of halogens is 2. The molecule has 0 spiro atoms. The van der Waals surface area contributed by atoms with Gasteiger partial charge in [0.05, 0.1) is 0 Å². The highest BCUT2D eigenvalue weighted by Crippen LogP contribution is 2.45. The summed E-state index contributed by atoms with van der Waals surface area (Å²) in [7, 11) is 0. The van der Waals surface area contributed by atoms with Gasteiger partial charge in [0, 0.05) is 0 Å². The van der Waals surface area contributed by atoms with Crippen molar-refractivity contribution in [1.82, 2.24) is 0 Å². The minimum absolute atomic E-state index is 0.0603. The van der Waals surface area contributed by atoms with Crippen molar-refractivity contribution >= 4 is 0 Å². The Morgan fingerprint density at radius 2 is 1.45 bits per heavy atom. The molecule has 1 aromatic rings. The zero-order valence-corrected chi connectivity index (χ0v) is 18.3. The third kappa shape index (κ3) is 4.49. The van der Waals surface area contributed by atoms with Crippen LogP contribution in [0.15, 0.2) is 6.07 Å². The summed E-state index contributed by atoms with van der Waals surface area (Å²) in [4.78, 5) is 0. The maximum absolute atomic E-state index is 14.6. The molecule has 4 rings (SSSR count). The van der Waals surface area contributed by atoms with Crippen LogP contribution in [-0.4, -0.2) is 6.10 Å². The van der Waals surface area contributed by atoms with Gasteiger partial charge < -0.3 is 4.74 Å². The van der Waals surface area contributed by atoms with Crippen LogP contribution in [0.25, 0.3) is 0 Å². The summed E-state index contributed by atoms with van der Waals surface area (Å²) in [5.41, 5.74) is 1.33. The second-order valence-corrected chi connectivity index (χ2v) is 9.94. The van der Waals surface area contributed by atoms with Gasteiger partial charge in [-0.1, -0.05) is 39.5 Å². The van der Waals surface area contributed by atoms with Gasteiger partial charge >= 0.3 is 0 Å². The number of fused-ring (bicyclic) bond motifs is 1. The predicted molar refractivity (Wildman–Crippen MR) is 114 cm³/mol. The van der Waals surface area contributed by atoms with E-state index < -0.39 is 11.6 Å². The van der Waals surface area contributed by atoms with Gasteiger partial charge in [0.1, 0.15) is 6.10 Å². The minimum atomic E-state index is -0.762. The van der Waals surface area contributed by atoms with Crippen molar-refractivity contribution in [2.75, 3.05) is 0 Å². The van der Waals surface area contributed by atoms with E-state index in [1.54, 1.807) is 0 Å². The van der Waals surface area contributed by atoms with Gasteiger partial charge in [0.15, 0.2) is 11.6 Å². The number of hydrogen-bond acceptors (Lipinski definition) is 1. The molecule has 1 nitrogen and oxygen atoms in total. The molecule has 0 bridgehead atoms. The first-order valence-corrected chi connectivity index (χ1v) is 12.3. The third-order valence-electron chi connectivity index (χ3n) is 8.26. The Labute approximate surface area is 175 Å². The fourth-order valence-corrected chi connectivity index (χ4v) is 6.48. The van der Waals surface area contributed by atoms with Gasteiger partial charge in [0.2, 0.25) is 5.82 Å². The van der Waals surface area contributed by atoms with Crippen molar-refractivity contribution in [2.45, 2.75) is 103 Å². The van der Waals surface area contributed by atoms with E-state index in [2.05, 4.69) is 6.92 Å². The largest absolute Gasteiger partial charge is 0.487 e. The highest BCUT2D eigenvalue weighted by Gasteiger charge is 2.36. The minimum Gasteiger partial charge on any atom is -0.487 e. The van der Waals surface area contributed by atoms with Crippen LogP contribution >= 0.6 is 0 Å². The van der Waals surface area contributed by atoms with E-state index in [4.69, 9.17) is 4.74 Å². The van der Waals surface area contributed by atoms with Gasteiger partial charge in [0.25, 0.3) is 0 Å². The standard InChI is InChI=1S/C26H38F2O/c1-3-5-17-6-8-19(9-7-17)20-10-12-21(13-11-20)23-15-14-22-16-18(4-2)24(27)25(28)26(22)29-23/h16-17,19-21,23H,3-15H2,1-2H3. The molecule has 1 atom stereocenters. The summed E-state index contributed by atoms with van der Waals surface area (Å²) in [6, 6.07) is 1.82. The van der Waals surface area contributed by atoms with Crippen molar-refractivity contribution in [2.24, 2.45) is 23.7 Å². The lowest BCUT2D eigenvalue weighted by Gasteiger charge is -2.40. The molecule has 29 heavy (non-hydrogen) atoms. The van der Waals surface area contributed by atoms with Crippen molar-refractivity contribution < 1.29 is 13.5 Å². The summed E-state index contributed by atoms with van der Waals surface area (Å²) in [6.07, 6.45) is 15.8. The van der Waals surface area contributed by atoms with Crippen LogP contribution in [0.3, 0.4) is 0 Å². The molecule has 162 valence electrons. The molecule has 2 saturated carbocycles. The quantitative estimate of drug-likeness (QED) is 0.490. The van der Waals surface area contributed by atoms with Crippen LogP contribution in [0.5, 0.6) is 5.75 Å². The molecule has 1 aromatic carbocycles. The van der Waals surface area contributed by atoms with Crippen LogP contribution in [0.1, 0.15) is 95.6 Å².